The van der Waals surface area contributed by atoms with Gasteiger partial charge in [-0.1, -0.05) is 37.3 Å². The first-order chi connectivity index (χ1) is 13.6. The first kappa shape index (κ1) is 20.3. The van der Waals surface area contributed by atoms with E-state index in [1.807, 2.05) is 31.2 Å². The van der Waals surface area contributed by atoms with E-state index in [4.69, 9.17) is 4.74 Å². The number of ether oxygens (including phenoxy) is 1. The molecule has 2 aromatic rings. The third-order valence-electron chi connectivity index (χ3n) is 5.43. The van der Waals surface area contributed by atoms with Gasteiger partial charge in [-0.25, -0.2) is 4.39 Å². The highest BCUT2D eigenvalue weighted by Crippen LogP contribution is 2.31. The fourth-order valence-corrected chi connectivity index (χ4v) is 3.91. The maximum Gasteiger partial charge on any atom is 0.223 e. The number of amides is 1. The Morgan fingerprint density at radius 3 is 2.64 bits per heavy atom. The second-order valence-corrected chi connectivity index (χ2v) is 7.48. The Balaban J connectivity index is 1.66. The van der Waals surface area contributed by atoms with Crippen molar-refractivity contribution in [2.75, 3.05) is 26.7 Å². The molecule has 0 spiro atoms. The van der Waals surface area contributed by atoms with E-state index >= 15 is 0 Å². The van der Waals surface area contributed by atoms with Crippen molar-refractivity contribution in [2.45, 2.75) is 32.2 Å². The standard InChI is InChI=1S/C23H29FN2O2/c1-17(14-18-8-7-9-19(24)15-18)23(27)25-16-21(26-12-5-6-13-26)20-10-3-4-11-22(20)28-2/h3-4,7-11,15,17,21H,5-6,12-14,16H2,1-2H3,(H,25,27). The van der Waals surface area contributed by atoms with Crippen molar-refractivity contribution in [3.05, 3.63) is 65.5 Å². The van der Waals surface area contributed by atoms with E-state index in [9.17, 15) is 9.18 Å². The topological polar surface area (TPSA) is 41.6 Å². The van der Waals surface area contributed by atoms with Crippen molar-refractivity contribution in [3.8, 4) is 5.75 Å². The van der Waals surface area contributed by atoms with E-state index in [0.29, 0.717) is 13.0 Å². The van der Waals surface area contributed by atoms with Crippen molar-refractivity contribution in [1.29, 1.82) is 0 Å². The van der Waals surface area contributed by atoms with Crippen LogP contribution in [0.2, 0.25) is 0 Å². The van der Waals surface area contributed by atoms with Gasteiger partial charge in [0.2, 0.25) is 5.91 Å². The second kappa shape index (κ2) is 9.69. The van der Waals surface area contributed by atoms with E-state index in [-0.39, 0.29) is 23.7 Å². The van der Waals surface area contributed by atoms with Gasteiger partial charge in [0.15, 0.2) is 0 Å². The zero-order valence-electron chi connectivity index (χ0n) is 16.7. The molecule has 1 heterocycles. The van der Waals surface area contributed by atoms with Crippen LogP contribution in [-0.4, -0.2) is 37.6 Å². The molecular formula is C23H29FN2O2. The molecule has 1 N–H and O–H groups in total. The predicted octanol–water partition coefficient (Wildman–Crippen LogP) is 3.97. The lowest BCUT2D eigenvalue weighted by atomic mass is 9.99. The quantitative estimate of drug-likeness (QED) is 0.749. The summed E-state index contributed by atoms with van der Waals surface area (Å²) in [5.41, 5.74) is 1.94. The maximum atomic E-state index is 13.4. The predicted molar refractivity (Wildman–Crippen MR) is 109 cm³/mol. The Morgan fingerprint density at radius 1 is 1.18 bits per heavy atom. The lowest BCUT2D eigenvalue weighted by molar-refractivity contribution is -0.124. The van der Waals surface area contributed by atoms with Gasteiger partial charge < -0.3 is 10.1 Å². The normalized spacial score (nSPS) is 16.5. The van der Waals surface area contributed by atoms with Crippen molar-refractivity contribution >= 4 is 5.91 Å². The van der Waals surface area contributed by atoms with Gasteiger partial charge in [-0.15, -0.1) is 0 Å². The third-order valence-corrected chi connectivity index (χ3v) is 5.43. The number of nitrogens with zero attached hydrogens (tertiary/aromatic N) is 1. The molecule has 1 aliphatic rings. The van der Waals surface area contributed by atoms with Crippen LogP contribution in [0.1, 0.15) is 36.9 Å². The molecule has 1 fully saturated rings. The van der Waals surface area contributed by atoms with Gasteiger partial charge in [0, 0.05) is 18.0 Å². The summed E-state index contributed by atoms with van der Waals surface area (Å²) in [6.07, 6.45) is 2.87. The molecule has 2 aromatic carbocycles. The zero-order chi connectivity index (χ0) is 19.9. The SMILES string of the molecule is COc1ccccc1C(CNC(=O)C(C)Cc1cccc(F)c1)N1CCCC1. The summed E-state index contributed by atoms with van der Waals surface area (Å²) < 4.78 is 18.9. The van der Waals surface area contributed by atoms with Crippen LogP contribution >= 0.6 is 0 Å². The van der Waals surface area contributed by atoms with Gasteiger partial charge in [-0.2, -0.15) is 0 Å². The third kappa shape index (κ3) is 5.10. The van der Waals surface area contributed by atoms with Crippen LogP contribution in [0.5, 0.6) is 5.75 Å². The van der Waals surface area contributed by atoms with Gasteiger partial charge >= 0.3 is 0 Å². The van der Waals surface area contributed by atoms with E-state index in [1.165, 1.54) is 25.0 Å². The summed E-state index contributed by atoms with van der Waals surface area (Å²) in [5.74, 6) is 0.346. The summed E-state index contributed by atoms with van der Waals surface area (Å²) >= 11 is 0. The van der Waals surface area contributed by atoms with Crippen LogP contribution in [0.25, 0.3) is 0 Å². The summed E-state index contributed by atoms with van der Waals surface area (Å²) in [5, 5.41) is 3.11. The molecule has 4 nitrogen and oxygen atoms in total. The van der Waals surface area contributed by atoms with E-state index < -0.39 is 0 Å². The molecule has 5 heteroatoms. The van der Waals surface area contributed by atoms with Gasteiger partial charge in [0.1, 0.15) is 11.6 Å². The number of nitrogens with one attached hydrogen (secondary N) is 1. The van der Waals surface area contributed by atoms with Gasteiger partial charge in [-0.05, 0) is 56.1 Å². The molecule has 0 saturated carbocycles. The Labute approximate surface area is 166 Å². The lowest BCUT2D eigenvalue weighted by Gasteiger charge is -2.29. The molecule has 28 heavy (non-hydrogen) atoms. The number of carbonyl (C=O) groups is 1. The molecular weight excluding hydrogens is 355 g/mol. The minimum atomic E-state index is -0.268. The monoisotopic (exact) mass is 384 g/mol. The number of hydrogen-bond acceptors (Lipinski definition) is 3. The fourth-order valence-electron chi connectivity index (χ4n) is 3.91. The molecule has 0 aliphatic carbocycles. The molecule has 1 aliphatic heterocycles. The number of rotatable bonds is 8. The summed E-state index contributed by atoms with van der Waals surface area (Å²) in [7, 11) is 1.68. The minimum Gasteiger partial charge on any atom is -0.496 e. The summed E-state index contributed by atoms with van der Waals surface area (Å²) in [6.45, 7) is 4.47. The number of halogens is 1. The van der Waals surface area contributed by atoms with Crippen molar-refractivity contribution in [2.24, 2.45) is 5.92 Å². The average Bonchev–Trinajstić information content (AvgIpc) is 3.23. The largest absolute Gasteiger partial charge is 0.496 e. The minimum absolute atomic E-state index is 0.0108. The molecule has 0 radical (unpaired) electrons. The molecule has 2 unspecified atom stereocenters. The van der Waals surface area contributed by atoms with Crippen molar-refractivity contribution in [3.63, 3.8) is 0 Å². The fraction of sp³-hybridized carbons (Fsp3) is 0.435. The summed E-state index contributed by atoms with van der Waals surface area (Å²) in [4.78, 5) is 15.1. The highest BCUT2D eigenvalue weighted by atomic mass is 19.1. The molecule has 0 bridgehead atoms. The van der Waals surface area contributed by atoms with Gasteiger partial charge in [-0.3, -0.25) is 9.69 Å². The Kier molecular flexibility index (Phi) is 7.04. The maximum absolute atomic E-state index is 13.4. The van der Waals surface area contributed by atoms with Crippen molar-refractivity contribution < 1.29 is 13.9 Å². The number of benzene rings is 2. The lowest BCUT2D eigenvalue weighted by Crippen LogP contribution is -2.39. The number of methoxy groups -OCH3 is 1. The van der Waals surface area contributed by atoms with E-state index in [0.717, 1.165) is 30.0 Å². The average molecular weight is 384 g/mol. The summed E-state index contributed by atoms with van der Waals surface area (Å²) in [6, 6.07) is 14.5. The smallest absolute Gasteiger partial charge is 0.223 e. The van der Waals surface area contributed by atoms with Crippen LogP contribution in [0.15, 0.2) is 48.5 Å². The van der Waals surface area contributed by atoms with Crippen LogP contribution in [0.3, 0.4) is 0 Å². The molecule has 2 atom stereocenters. The van der Waals surface area contributed by atoms with Crippen LogP contribution in [0.4, 0.5) is 4.39 Å². The Morgan fingerprint density at radius 2 is 1.93 bits per heavy atom. The molecule has 1 saturated heterocycles. The number of likely N-dealkylation sites (tertiary alicyclic amines) is 1. The second-order valence-electron chi connectivity index (χ2n) is 7.48. The number of hydrogen-bond donors (Lipinski definition) is 1. The Bertz CT molecular complexity index is 790. The van der Waals surface area contributed by atoms with Crippen LogP contribution < -0.4 is 10.1 Å². The molecule has 150 valence electrons. The zero-order valence-corrected chi connectivity index (χ0v) is 16.7. The first-order valence-corrected chi connectivity index (χ1v) is 9.97. The van der Waals surface area contributed by atoms with E-state index in [2.05, 4.69) is 16.3 Å². The van der Waals surface area contributed by atoms with E-state index in [1.54, 1.807) is 13.2 Å². The molecule has 1 amide bonds. The van der Waals surface area contributed by atoms with Gasteiger partial charge in [0.05, 0.1) is 13.2 Å². The molecule has 3 rings (SSSR count). The highest BCUT2D eigenvalue weighted by Gasteiger charge is 2.27. The highest BCUT2D eigenvalue weighted by molar-refractivity contribution is 5.78. The van der Waals surface area contributed by atoms with Crippen LogP contribution in [0, 0.1) is 11.7 Å². The Hall–Kier alpha value is -2.40. The number of para-hydroxylation sites is 1. The number of carbonyl (C=O) groups excluding carboxylic acids is 1. The first-order valence-electron chi connectivity index (χ1n) is 9.97. The van der Waals surface area contributed by atoms with Gasteiger partial charge in [0.25, 0.3) is 0 Å². The molecule has 0 aromatic heterocycles. The van der Waals surface area contributed by atoms with Crippen LogP contribution in [-0.2, 0) is 11.2 Å². The van der Waals surface area contributed by atoms with Crippen molar-refractivity contribution in [1.82, 2.24) is 10.2 Å².